The lowest BCUT2D eigenvalue weighted by Gasteiger charge is -2.04. The molecule has 0 bridgehead atoms. The number of amides is 1. The predicted octanol–water partition coefficient (Wildman–Crippen LogP) is 4.53. The maximum atomic E-state index is 12.4. The van der Waals surface area contributed by atoms with Crippen molar-refractivity contribution < 1.29 is 4.79 Å². The third-order valence-electron chi connectivity index (χ3n) is 4.16. The van der Waals surface area contributed by atoms with E-state index in [4.69, 9.17) is 11.6 Å². The van der Waals surface area contributed by atoms with E-state index in [0.29, 0.717) is 11.6 Å². The summed E-state index contributed by atoms with van der Waals surface area (Å²) >= 11 is 7.78. The molecule has 0 unspecified atom stereocenters. The number of rotatable bonds is 5. The second-order valence-corrected chi connectivity index (χ2v) is 7.69. The van der Waals surface area contributed by atoms with Crippen LogP contribution in [0.4, 0.5) is 5.13 Å². The fraction of sp³-hybridized carbons (Fsp3) is 0.100. The van der Waals surface area contributed by atoms with E-state index in [0.717, 1.165) is 26.7 Å². The van der Waals surface area contributed by atoms with Crippen molar-refractivity contribution in [3.05, 3.63) is 87.6 Å². The van der Waals surface area contributed by atoms with E-state index in [-0.39, 0.29) is 11.6 Å². The molecule has 1 amide bonds. The Labute approximate surface area is 170 Å². The summed E-state index contributed by atoms with van der Waals surface area (Å²) in [7, 11) is 0. The number of hydrogen-bond acceptors (Lipinski definition) is 5. The Morgan fingerprint density at radius 3 is 2.82 bits per heavy atom. The summed E-state index contributed by atoms with van der Waals surface area (Å²) in [4.78, 5) is 17.7. The predicted molar refractivity (Wildman–Crippen MR) is 110 cm³/mol. The number of para-hydroxylation sites is 1. The molecule has 0 aliphatic heterocycles. The number of aryl methyl sites for hydroxylation is 1. The molecule has 28 heavy (non-hydrogen) atoms. The van der Waals surface area contributed by atoms with Crippen LogP contribution in [-0.2, 0) is 6.42 Å². The van der Waals surface area contributed by atoms with Crippen LogP contribution >= 0.6 is 22.9 Å². The highest BCUT2D eigenvalue weighted by molar-refractivity contribution is 7.15. The smallest absolute Gasteiger partial charge is 0.279 e. The fourth-order valence-corrected chi connectivity index (χ4v) is 3.74. The number of carbonyl (C=O) groups excluding carboxylic acids is 1. The minimum atomic E-state index is -0.350. The van der Waals surface area contributed by atoms with Crippen LogP contribution in [0.3, 0.4) is 0 Å². The van der Waals surface area contributed by atoms with Gasteiger partial charge in [0, 0.05) is 22.5 Å². The molecule has 0 spiro atoms. The summed E-state index contributed by atoms with van der Waals surface area (Å²) in [6.45, 7) is 1.98. The van der Waals surface area contributed by atoms with Crippen LogP contribution in [0, 0.1) is 6.92 Å². The van der Waals surface area contributed by atoms with Crippen LogP contribution in [0.1, 0.15) is 26.5 Å². The Morgan fingerprint density at radius 1 is 1.18 bits per heavy atom. The van der Waals surface area contributed by atoms with Gasteiger partial charge in [-0.15, -0.1) is 16.4 Å². The summed E-state index contributed by atoms with van der Waals surface area (Å²) < 4.78 is 1.56. The number of halogens is 1. The lowest BCUT2D eigenvalue weighted by Crippen LogP contribution is -2.12. The number of nitrogens with zero attached hydrogens (tertiary/aromatic N) is 4. The average Bonchev–Trinajstić information content (AvgIpc) is 3.36. The molecule has 0 radical (unpaired) electrons. The second-order valence-electron chi connectivity index (χ2n) is 6.19. The number of nitrogens with one attached hydrogen (secondary N) is 1. The first kappa shape index (κ1) is 18.3. The van der Waals surface area contributed by atoms with Gasteiger partial charge in [-0.1, -0.05) is 53.2 Å². The van der Waals surface area contributed by atoms with E-state index >= 15 is 0 Å². The summed E-state index contributed by atoms with van der Waals surface area (Å²) in [5.74, 6) is -0.350. The molecule has 8 heteroatoms. The summed E-state index contributed by atoms with van der Waals surface area (Å²) in [6.07, 6.45) is 4.00. The Hall–Kier alpha value is -3.03. The third kappa shape index (κ3) is 3.95. The van der Waals surface area contributed by atoms with Crippen molar-refractivity contribution in [2.24, 2.45) is 0 Å². The zero-order valence-electron chi connectivity index (χ0n) is 15.0. The second kappa shape index (κ2) is 7.92. The van der Waals surface area contributed by atoms with Gasteiger partial charge < -0.3 is 0 Å². The number of benzene rings is 2. The van der Waals surface area contributed by atoms with Crippen molar-refractivity contribution in [2.45, 2.75) is 13.3 Å². The van der Waals surface area contributed by atoms with Gasteiger partial charge in [0.2, 0.25) is 0 Å². The van der Waals surface area contributed by atoms with Crippen LogP contribution in [0.5, 0.6) is 0 Å². The minimum absolute atomic E-state index is 0.224. The Morgan fingerprint density at radius 2 is 2.00 bits per heavy atom. The van der Waals surface area contributed by atoms with Crippen LogP contribution in [-0.4, -0.2) is 25.9 Å². The Bertz CT molecular complexity index is 1120. The van der Waals surface area contributed by atoms with Gasteiger partial charge in [0.05, 0.1) is 11.9 Å². The maximum Gasteiger partial charge on any atom is 0.279 e. The van der Waals surface area contributed by atoms with Gasteiger partial charge >= 0.3 is 0 Å². The molecule has 2 heterocycles. The quantitative estimate of drug-likeness (QED) is 0.525. The molecule has 6 nitrogen and oxygen atoms in total. The number of aromatic nitrogens is 4. The zero-order valence-corrected chi connectivity index (χ0v) is 16.5. The molecule has 0 fully saturated rings. The molecule has 0 saturated carbocycles. The minimum Gasteiger partial charge on any atom is -0.296 e. The summed E-state index contributed by atoms with van der Waals surface area (Å²) in [5.41, 5.74) is 3.13. The monoisotopic (exact) mass is 409 g/mol. The van der Waals surface area contributed by atoms with Gasteiger partial charge in [0.25, 0.3) is 5.91 Å². The van der Waals surface area contributed by atoms with E-state index in [1.54, 1.807) is 17.1 Å². The molecule has 0 atom stereocenters. The molecule has 4 rings (SSSR count). The van der Waals surface area contributed by atoms with Crippen LogP contribution in [0.25, 0.3) is 5.69 Å². The van der Waals surface area contributed by atoms with Crippen molar-refractivity contribution in [3.63, 3.8) is 0 Å². The normalized spacial score (nSPS) is 10.8. The third-order valence-corrected chi connectivity index (χ3v) is 5.61. The van der Waals surface area contributed by atoms with Gasteiger partial charge in [-0.05, 0) is 30.2 Å². The lowest BCUT2D eigenvalue weighted by atomic mass is 10.1. The van der Waals surface area contributed by atoms with E-state index in [1.807, 2.05) is 55.5 Å². The maximum absolute atomic E-state index is 12.4. The SMILES string of the molecule is Cc1cccc(Cc2cnc(NC(=O)c3cn(-c4ccccc4)nn3)s2)c1Cl. The Balaban J connectivity index is 1.45. The molecule has 2 aromatic carbocycles. The van der Waals surface area contributed by atoms with Crippen molar-refractivity contribution in [3.8, 4) is 5.69 Å². The van der Waals surface area contributed by atoms with Crippen molar-refractivity contribution in [2.75, 3.05) is 5.32 Å². The molecule has 0 saturated heterocycles. The van der Waals surface area contributed by atoms with Gasteiger partial charge in [-0.2, -0.15) is 0 Å². The van der Waals surface area contributed by atoms with Crippen LogP contribution < -0.4 is 5.32 Å². The number of thiazole rings is 1. The standard InChI is InChI=1S/C20H16ClN5OS/c1-13-6-5-7-14(18(13)21)10-16-11-22-20(28-16)23-19(27)17-12-26(25-24-17)15-8-3-2-4-9-15/h2-9,11-12H,10H2,1H3,(H,22,23,27). The van der Waals surface area contributed by atoms with Crippen molar-refractivity contribution in [1.82, 2.24) is 20.0 Å². The number of anilines is 1. The van der Waals surface area contributed by atoms with Crippen LogP contribution in [0.2, 0.25) is 5.02 Å². The number of hydrogen-bond donors (Lipinski definition) is 1. The lowest BCUT2D eigenvalue weighted by molar-refractivity contribution is 0.102. The van der Waals surface area contributed by atoms with E-state index < -0.39 is 0 Å². The first-order valence-corrected chi connectivity index (χ1v) is 9.77. The van der Waals surface area contributed by atoms with Crippen molar-refractivity contribution >= 4 is 34.0 Å². The topological polar surface area (TPSA) is 72.7 Å². The van der Waals surface area contributed by atoms with Gasteiger partial charge in [0.15, 0.2) is 10.8 Å². The molecule has 140 valence electrons. The fourth-order valence-electron chi connectivity index (χ4n) is 2.72. The number of carbonyl (C=O) groups is 1. The highest BCUT2D eigenvalue weighted by Crippen LogP contribution is 2.27. The van der Waals surface area contributed by atoms with Gasteiger partial charge in [-0.25, -0.2) is 9.67 Å². The van der Waals surface area contributed by atoms with Crippen LogP contribution in [0.15, 0.2) is 60.9 Å². The summed E-state index contributed by atoms with van der Waals surface area (Å²) in [5, 5.41) is 12.0. The first-order valence-electron chi connectivity index (χ1n) is 8.58. The Kier molecular flexibility index (Phi) is 5.18. The first-order chi connectivity index (χ1) is 13.6. The molecule has 0 aliphatic rings. The molecule has 4 aromatic rings. The van der Waals surface area contributed by atoms with Crippen molar-refractivity contribution in [1.29, 1.82) is 0 Å². The van der Waals surface area contributed by atoms with E-state index in [1.165, 1.54) is 11.3 Å². The van der Waals surface area contributed by atoms with Gasteiger partial charge in [-0.3, -0.25) is 10.1 Å². The highest BCUT2D eigenvalue weighted by atomic mass is 35.5. The van der Waals surface area contributed by atoms with E-state index in [2.05, 4.69) is 20.6 Å². The zero-order chi connectivity index (χ0) is 19.5. The molecule has 2 aromatic heterocycles. The van der Waals surface area contributed by atoms with Gasteiger partial charge in [0.1, 0.15) is 0 Å². The van der Waals surface area contributed by atoms with E-state index in [9.17, 15) is 4.79 Å². The molecule has 1 N–H and O–H groups in total. The molecular weight excluding hydrogens is 394 g/mol. The largest absolute Gasteiger partial charge is 0.296 e. The molecule has 0 aliphatic carbocycles. The highest BCUT2D eigenvalue weighted by Gasteiger charge is 2.14. The molecular formula is C20H16ClN5OS. The summed E-state index contributed by atoms with van der Waals surface area (Å²) in [6, 6.07) is 15.4. The average molecular weight is 410 g/mol.